The van der Waals surface area contributed by atoms with Gasteiger partial charge in [0.15, 0.2) is 0 Å². The van der Waals surface area contributed by atoms with E-state index in [0.29, 0.717) is 6.42 Å². The molecule has 4 nitrogen and oxygen atoms in total. The molecule has 0 aliphatic heterocycles. The Bertz CT molecular complexity index is 825. The fraction of sp³-hybridized carbons (Fsp3) is 0.906. The molecule has 0 saturated carbocycles. The van der Waals surface area contributed by atoms with Crippen LogP contribution in [0.25, 0.3) is 0 Å². The van der Waals surface area contributed by atoms with Gasteiger partial charge in [0, 0.05) is 6.42 Å². The molecule has 2 atom stereocenters. The normalized spacial score (nSPS) is 13.0. The number of hydrogen-bond acceptors (Lipinski definition) is 3. The van der Waals surface area contributed by atoms with Crippen LogP contribution in [0.3, 0.4) is 0 Å². The van der Waals surface area contributed by atoms with Gasteiger partial charge in [-0.25, -0.2) is 0 Å². The van der Waals surface area contributed by atoms with Crippen LogP contribution in [0, 0.1) is 0 Å². The monoisotopic (exact) mass is 802 g/mol. The summed E-state index contributed by atoms with van der Waals surface area (Å²) in [5.41, 5.74) is 0. The minimum absolute atomic E-state index is 0.0606. The average molecular weight is 802 g/mol. The van der Waals surface area contributed by atoms with Gasteiger partial charge in [-0.2, -0.15) is 0 Å². The van der Waals surface area contributed by atoms with Crippen LogP contribution in [-0.4, -0.2) is 34.9 Å². The Hall–Kier alpha value is -1.13. The summed E-state index contributed by atoms with van der Waals surface area (Å²) in [4.78, 5) is 12.4. The Morgan fingerprint density at radius 1 is 0.404 bits per heavy atom. The molecule has 0 heterocycles. The minimum Gasteiger partial charge on any atom is -0.394 e. The zero-order valence-electron chi connectivity index (χ0n) is 38.9. The van der Waals surface area contributed by atoms with Gasteiger partial charge >= 0.3 is 0 Å². The van der Waals surface area contributed by atoms with Crippen molar-refractivity contribution in [1.82, 2.24) is 5.32 Å². The first-order chi connectivity index (χ1) is 28.2. The van der Waals surface area contributed by atoms with E-state index in [2.05, 4.69) is 31.3 Å². The van der Waals surface area contributed by atoms with Gasteiger partial charge in [0.25, 0.3) is 0 Å². The van der Waals surface area contributed by atoms with Crippen molar-refractivity contribution < 1.29 is 15.0 Å². The van der Waals surface area contributed by atoms with Gasteiger partial charge in [0.2, 0.25) is 5.91 Å². The highest BCUT2D eigenvalue weighted by Gasteiger charge is 2.18. The van der Waals surface area contributed by atoms with Crippen molar-refractivity contribution in [3.63, 3.8) is 0 Å². The first kappa shape index (κ1) is 55.9. The number of carbonyl (C=O) groups is 1. The first-order valence-corrected chi connectivity index (χ1v) is 26.1. The number of aliphatic hydroxyl groups is 2. The molecule has 338 valence electrons. The molecule has 0 rings (SSSR count). The summed E-state index contributed by atoms with van der Waals surface area (Å²) < 4.78 is 0. The second kappa shape index (κ2) is 49.2. The Morgan fingerprint density at radius 3 is 0.965 bits per heavy atom. The molecule has 0 aliphatic carbocycles. The predicted molar refractivity (Wildman–Crippen MR) is 253 cm³/mol. The molecular formula is C53H103NO3. The summed E-state index contributed by atoms with van der Waals surface area (Å²) in [5.74, 6) is -0.0606. The molecule has 57 heavy (non-hydrogen) atoms. The topological polar surface area (TPSA) is 69.6 Å². The van der Waals surface area contributed by atoms with Crippen molar-refractivity contribution in [2.24, 2.45) is 0 Å². The summed E-state index contributed by atoms with van der Waals surface area (Å²) in [6.07, 6.45) is 64.6. The van der Waals surface area contributed by atoms with Gasteiger partial charge < -0.3 is 15.5 Å². The van der Waals surface area contributed by atoms with Crippen LogP contribution in [0.4, 0.5) is 0 Å². The second-order valence-electron chi connectivity index (χ2n) is 17.9. The van der Waals surface area contributed by atoms with E-state index >= 15 is 0 Å². The summed E-state index contributed by atoms with van der Waals surface area (Å²) in [5, 5.41) is 23.1. The van der Waals surface area contributed by atoms with E-state index in [1.165, 1.54) is 244 Å². The van der Waals surface area contributed by atoms with Crippen molar-refractivity contribution >= 4 is 5.91 Å². The van der Waals surface area contributed by atoms with Crippen LogP contribution in [0.5, 0.6) is 0 Å². The van der Waals surface area contributed by atoms with Crippen molar-refractivity contribution in [2.75, 3.05) is 6.61 Å². The largest absolute Gasteiger partial charge is 0.394 e. The highest BCUT2D eigenvalue weighted by molar-refractivity contribution is 5.76. The third kappa shape index (κ3) is 45.8. The molecule has 0 aromatic carbocycles. The summed E-state index contributed by atoms with van der Waals surface area (Å²) >= 11 is 0. The number of aliphatic hydroxyl groups excluding tert-OH is 2. The second-order valence-corrected chi connectivity index (χ2v) is 17.9. The molecule has 0 aliphatic rings. The van der Waals surface area contributed by atoms with Gasteiger partial charge in [0.1, 0.15) is 0 Å². The lowest BCUT2D eigenvalue weighted by Gasteiger charge is -2.20. The zero-order valence-corrected chi connectivity index (χ0v) is 38.9. The molecule has 2 unspecified atom stereocenters. The lowest BCUT2D eigenvalue weighted by atomic mass is 10.0. The van der Waals surface area contributed by atoms with Crippen LogP contribution >= 0.6 is 0 Å². The van der Waals surface area contributed by atoms with Gasteiger partial charge in [-0.3, -0.25) is 4.79 Å². The molecule has 0 radical (unpaired) electrons. The highest BCUT2D eigenvalue weighted by Crippen LogP contribution is 2.17. The maximum atomic E-state index is 12.4. The number of rotatable bonds is 48. The SMILES string of the molecule is CCCCCCCCCC/C=C\CCCCCCCCCCCCCC(=O)NC(CO)C(O)/C=C/CCCCCCCCCCCCCCCCCCCCCC. The van der Waals surface area contributed by atoms with Crippen LogP contribution in [0.15, 0.2) is 24.3 Å². The van der Waals surface area contributed by atoms with E-state index in [9.17, 15) is 15.0 Å². The van der Waals surface area contributed by atoms with Crippen molar-refractivity contribution in [1.29, 1.82) is 0 Å². The van der Waals surface area contributed by atoms with Crippen molar-refractivity contribution in [2.45, 2.75) is 302 Å². The van der Waals surface area contributed by atoms with E-state index in [4.69, 9.17) is 0 Å². The molecule has 0 aromatic heterocycles. The van der Waals surface area contributed by atoms with Gasteiger partial charge in [-0.05, 0) is 44.9 Å². The van der Waals surface area contributed by atoms with E-state index in [1.807, 2.05) is 6.08 Å². The summed E-state index contributed by atoms with van der Waals surface area (Å²) in [6.45, 7) is 4.34. The number of amides is 1. The molecular weight excluding hydrogens is 699 g/mol. The Labute approximate surface area is 358 Å². The maximum absolute atomic E-state index is 12.4. The summed E-state index contributed by atoms with van der Waals surface area (Å²) in [6, 6.07) is -0.621. The molecule has 0 fully saturated rings. The van der Waals surface area contributed by atoms with Crippen molar-refractivity contribution in [3.8, 4) is 0 Å². The number of nitrogens with one attached hydrogen (secondary N) is 1. The fourth-order valence-corrected chi connectivity index (χ4v) is 8.18. The molecule has 0 aromatic rings. The van der Waals surface area contributed by atoms with Crippen molar-refractivity contribution in [3.05, 3.63) is 24.3 Å². The quantitative estimate of drug-likeness (QED) is 0.0424. The molecule has 0 bridgehead atoms. The van der Waals surface area contributed by atoms with Gasteiger partial charge in [-0.15, -0.1) is 0 Å². The van der Waals surface area contributed by atoms with Crippen LogP contribution < -0.4 is 5.32 Å². The van der Waals surface area contributed by atoms with E-state index in [0.717, 1.165) is 25.7 Å². The maximum Gasteiger partial charge on any atom is 0.220 e. The third-order valence-electron chi connectivity index (χ3n) is 12.2. The smallest absolute Gasteiger partial charge is 0.220 e. The standard InChI is InChI=1S/C53H103NO3/c1-3-5-7-9-11-13-15-17-19-21-23-25-27-29-31-33-35-37-39-41-43-45-47-49-53(57)54-51(50-55)52(56)48-46-44-42-40-38-36-34-32-30-28-26-24-22-20-18-16-14-12-10-8-6-4-2/h21,23,46,48,51-52,55-56H,3-20,22,24-45,47,49-50H2,1-2H3,(H,54,57)/b23-21-,48-46+. The lowest BCUT2D eigenvalue weighted by molar-refractivity contribution is -0.123. The number of unbranched alkanes of at least 4 members (excludes halogenated alkanes) is 39. The van der Waals surface area contributed by atoms with E-state index in [1.54, 1.807) is 6.08 Å². The lowest BCUT2D eigenvalue weighted by Crippen LogP contribution is -2.45. The Morgan fingerprint density at radius 2 is 0.667 bits per heavy atom. The predicted octanol–water partition coefficient (Wildman–Crippen LogP) is 16.8. The highest BCUT2D eigenvalue weighted by atomic mass is 16.3. The van der Waals surface area contributed by atoms with E-state index < -0.39 is 12.1 Å². The Balaban J connectivity index is 3.50. The first-order valence-electron chi connectivity index (χ1n) is 26.1. The minimum atomic E-state index is -0.838. The van der Waals surface area contributed by atoms with Crippen LogP contribution in [0.2, 0.25) is 0 Å². The molecule has 3 N–H and O–H groups in total. The Kier molecular flexibility index (Phi) is 48.3. The molecule has 4 heteroatoms. The molecule has 0 saturated heterocycles. The van der Waals surface area contributed by atoms with Crippen LogP contribution in [0.1, 0.15) is 290 Å². The summed E-state index contributed by atoms with van der Waals surface area (Å²) in [7, 11) is 0. The number of carbonyl (C=O) groups excluding carboxylic acids is 1. The number of hydrogen-bond donors (Lipinski definition) is 3. The molecule has 1 amide bonds. The number of allylic oxidation sites excluding steroid dienone is 3. The molecule has 0 spiro atoms. The average Bonchev–Trinajstić information content (AvgIpc) is 3.22. The van der Waals surface area contributed by atoms with Gasteiger partial charge in [0.05, 0.1) is 18.8 Å². The van der Waals surface area contributed by atoms with E-state index in [-0.39, 0.29) is 12.5 Å². The van der Waals surface area contributed by atoms with Gasteiger partial charge in [-0.1, -0.05) is 263 Å². The fourth-order valence-electron chi connectivity index (χ4n) is 8.18. The third-order valence-corrected chi connectivity index (χ3v) is 12.2. The zero-order chi connectivity index (χ0) is 41.4. The van der Waals surface area contributed by atoms with Crippen LogP contribution in [-0.2, 0) is 4.79 Å².